The number of halogens is 2. The lowest BCUT2D eigenvalue weighted by Gasteiger charge is -2.08. The zero-order valence-corrected chi connectivity index (χ0v) is 12.8. The Balaban J connectivity index is 1.90. The third-order valence-electron chi connectivity index (χ3n) is 2.31. The van der Waals surface area contributed by atoms with Crippen LogP contribution in [-0.2, 0) is 4.79 Å². The molecule has 98 valence electrons. The van der Waals surface area contributed by atoms with Crippen LogP contribution in [0.15, 0.2) is 48.5 Å². The van der Waals surface area contributed by atoms with E-state index in [2.05, 4.69) is 27.9 Å². The second-order valence-electron chi connectivity index (χ2n) is 3.77. The molecule has 0 aliphatic carbocycles. The van der Waals surface area contributed by atoms with Crippen molar-refractivity contribution in [1.82, 2.24) is 0 Å². The molecule has 2 aromatic rings. The topological polar surface area (TPSA) is 38.3 Å². The summed E-state index contributed by atoms with van der Waals surface area (Å²) in [6.45, 7) is -0.0503. The average Bonchev–Trinajstić information content (AvgIpc) is 2.39. The number of anilines is 1. The highest BCUT2D eigenvalue weighted by molar-refractivity contribution is 14.1. The Morgan fingerprint density at radius 1 is 1.21 bits per heavy atom. The first-order valence-electron chi connectivity index (χ1n) is 5.58. The van der Waals surface area contributed by atoms with Crippen LogP contribution in [0, 0.1) is 3.57 Å². The van der Waals surface area contributed by atoms with Crippen molar-refractivity contribution >= 4 is 45.8 Å². The Morgan fingerprint density at radius 3 is 2.74 bits per heavy atom. The molecule has 1 amide bonds. The molecule has 0 unspecified atom stereocenters. The molecule has 2 rings (SSSR count). The summed E-state index contributed by atoms with van der Waals surface area (Å²) in [4.78, 5) is 11.7. The third kappa shape index (κ3) is 4.40. The first kappa shape index (κ1) is 14.1. The van der Waals surface area contributed by atoms with Gasteiger partial charge in [-0.05, 0) is 52.9 Å². The molecule has 0 aromatic heterocycles. The van der Waals surface area contributed by atoms with Gasteiger partial charge in [0, 0.05) is 3.57 Å². The summed E-state index contributed by atoms with van der Waals surface area (Å²) in [6.07, 6.45) is 0. The van der Waals surface area contributed by atoms with Crippen LogP contribution in [0.5, 0.6) is 5.75 Å². The number of carbonyl (C=O) groups excluding carboxylic acids is 1. The van der Waals surface area contributed by atoms with Crippen molar-refractivity contribution in [2.45, 2.75) is 0 Å². The molecule has 0 aliphatic rings. The number of para-hydroxylation sites is 1. The smallest absolute Gasteiger partial charge is 0.262 e. The van der Waals surface area contributed by atoms with Crippen molar-refractivity contribution in [2.75, 3.05) is 11.9 Å². The molecule has 0 aliphatic heterocycles. The van der Waals surface area contributed by atoms with E-state index in [0.29, 0.717) is 16.5 Å². The molecule has 0 radical (unpaired) electrons. The van der Waals surface area contributed by atoms with Crippen LogP contribution in [0.25, 0.3) is 0 Å². The van der Waals surface area contributed by atoms with Gasteiger partial charge in [-0.1, -0.05) is 29.8 Å². The van der Waals surface area contributed by atoms with Crippen LogP contribution in [0.4, 0.5) is 5.69 Å². The van der Waals surface area contributed by atoms with Crippen LogP contribution >= 0.6 is 34.2 Å². The van der Waals surface area contributed by atoms with E-state index in [9.17, 15) is 4.79 Å². The number of carbonyl (C=O) groups is 1. The maximum absolute atomic E-state index is 11.7. The van der Waals surface area contributed by atoms with Crippen LogP contribution in [0.1, 0.15) is 0 Å². The van der Waals surface area contributed by atoms with Gasteiger partial charge in [-0.15, -0.1) is 0 Å². The normalized spacial score (nSPS) is 10.0. The lowest BCUT2D eigenvalue weighted by molar-refractivity contribution is -0.118. The summed E-state index contributed by atoms with van der Waals surface area (Å²) >= 11 is 8.14. The van der Waals surface area contributed by atoms with Gasteiger partial charge < -0.3 is 10.1 Å². The summed E-state index contributed by atoms with van der Waals surface area (Å²) in [5, 5.41) is 3.20. The Labute approximate surface area is 130 Å². The zero-order valence-electron chi connectivity index (χ0n) is 9.90. The Kier molecular flexibility index (Phi) is 5.04. The highest BCUT2D eigenvalue weighted by atomic mass is 127. The molecule has 1 N–H and O–H groups in total. The van der Waals surface area contributed by atoms with Gasteiger partial charge in [0.2, 0.25) is 0 Å². The van der Waals surface area contributed by atoms with Crippen LogP contribution < -0.4 is 10.1 Å². The highest BCUT2D eigenvalue weighted by Crippen LogP contribution is 2.20. The van der Waals surface area contributed by atoms with E-state index in [1.165, 1.54) is 0 Å². The second-order valence-corrected chi connectivity index (χ2v) is 5.43. The molecular formula is C14H11ClINO2. The summed E-state index contributed by atoms with van der Waals surface area (Å²) < 4.78 is 6.46. The number of hydrogen-bond donors (Lipinski definition) is 1. The fraction of sp³-hybridized carbons (Fsp3) is 0.0714. The van der Waals surface area contributed by atoms with E-state index in [1.54, 1.807) is 18.2 Å². The molecule has 0 heterocycles. The predicted molar refractivity (Wildman–Crippen MR) is 84.7 cm³/mol. The average molecular weight is 388 g/mol. The van der Waals surface area contributed by atoms with Gasteiger partial charge in [0.25, 0.3) is 5.91 Å². The monoisotopic (exact) mass is 387 g/mol. The van der Waals surface area contributed by atoms with Gasteiger partial charge in [0.15, 0.2) is 6.61 Å². The van der Waals surface area contributed by atoms with E-state index in [4.69, 9.17) is 16.3 Å². The van der Waals surface area contributed by atoms with Gasteiger partial charge in [0.05, 0.1) is 10.7 Å². The summed E-state index contributed by atoms with van der Waals surface area (Å²) in [5.41, 5.74) is 0.584. The Hall–Kier alpha value is -1.27. The van der Waals surface area contributed by atoms with E-state index in [1.807, 2.05) is 30.3 Å². The van der Waals surface area contributed by atoms with Crippen molar-refractivity contribution < 1.29 is 9.53 Å². The van der Waals surface area contributed by atoms with Crippen LogP contribution in [-0.4, -0.2) is 12.5 Å². The van der Waals surface area contributed by atoms with Crippen molar-refractivity contribution in [3.05, 3.63) is 57.1 Å². The highest BCUT2D eigenvalue weighted by Gasteiger charge is 2.06. The van der Waals surface area contributed by atoms with Crippen molar-refractivity contribution in [2.24, 2.45) is 0 Å². The van der Waals surface area contributed by atoms with Crippen molar-refractivity contribution in [3.63, 3.8) is 0 Å². The van der Waals surface area contributed by atoms with Crippen molar-refractivity contribution in [3.8, 4) is 5.75 Å². The van der Waals surface area contributed by atoms with Gasteiger partial charge >= 0.3 is 0 Å². The Bertz CT molecular complexity index is 589. The molecule has 0 saturated heterocycles. The Morgan fingerprint density at radius 2 is 2.00 bits per heavy atom. The standard InChI is InChI=1S/C14H11ClINO2/c15-12-6-1-2-7-13(12)17-14(18)9-19-11-5-3-4-10(16)8-11/h1-8H,9H2,(H,17,18). The number of nitrogens with one attached hydrogen (secondary N) is 1. The predicted octanol–water partition coefficient (Wildman–Crippen LogP) is 3.96. The maximum atomic E-state index is 11.7. The van der Waals surface area contributed by atoms with E-state index >= 15 is 0 Å². The van der Waals surface area contributed by atoms with E-state index in [0.717, 1.165) is 3.57 Å². The molecule has 0 saturated carbocycles. The third-order valence-corrected chi connectivity index (χ3v) is 3.31. The van der Waals surface area contributed by atoms with E-state index in [-0.39, 0.29) is 12.5 Å². The summed E-state index contributed by atoms with van der Waals surface area (Å²) in [5.74, 6) is 0.424. The quantitative estimate of drug-likeness (QED) is 0.807. The minimum atomic E-state index is -0.244. The SMILES string of the molecule is O=C(COc1cccc(I)c1)Nc1ccccc1Cl. The van der Waals surface area contributed by atoms with Gasteiger partial charge in [-0.25, -0.2) is 0 Å². The summed E-state index contributed by atoms with van der Waals surface area (Å²) in [6, 6.07) is 14.6. The number of benzene rings is 2. The lowest BCUT2D eigenvalue weighted by Crippen LogP contribution is -2.20. The number of rotatable bonds is 4. The molecule has 2 aromatic carbocycles. The minimum Gasteiger partial charge on any atom is -0.484 e. The molecule has 5 heteroatoms. The fourth-order valence-electron chi connectivity index (χ4n) is 1.45. The van der Waals surface area contributed by atoms with Crippen LogP contribution in [0.2, 0.25) is 5.02 Å². The zero-order chi connectivity index (χ0) is 13.7. The number of amides is 1. The molecule has 0 bridgehead atoms. The number of ether oxygens (including phenoxy) is 1. The fourth-order valence-corrected chi connectivity index (χ4v) is 2.15. The second kappa shape index (κ2) is 6.77. The van der Waals surface area contributed by atoms with Gasteiger partial charge in [-0.3, -0.25) is 4.79 Å². The molecule has 0 atom stereocenters. The first-order chi connectivity index (χ1) is 9.15. The molecule has 3 nitrogen and oxygen atoms in total. The lowest BCUT2D eigenvalue weighted by atomic mass is 10.3. The minimum absolute atomic E-state index is 0.0503. The van der Waals surface area contributed by atoms with Crippen LogP contribution in [0.3, 0.4) is 0 Å². The molecule has 19 heavy (non-hydrogen) atoms. The largest absolute Gasteiger partial charge is 0.484 e. The molecule has 0 spiro atoms. The van der Waals surface area contributed by atoms with Crippen molar-refractivity contribution in [1.29, 1.82) is 0 Å². The van der Waals surface area contributed by atoms with Gasteiger partial charge in [0.1, 0.15) is 5.75 Å². The maximum Gasteiger partial charge on any atom is 0.262 e. The first-order valence-corrected chi connectivity index (χ1v) is 7.03. The molecular weight excluding hydrogens is 377 g/mol. The van der Waals surface area contributed by atoms with Gasteiger partial charge in [-0.2, -0.15) is 0 Å². The number of hydrogen-bond acceptors (Lipinski definition) is 2. The molecule has 0 fully saturated rings. The van der Waals surface area contributed by atoms with E-state index < -0.39 is 0 Å². The summed E-state index contributed by atoms with van der Waals surface area (Å²) in [7, 11) is 0.